The fourth-order valence-corrected chi connectivity index (χ4v) is 4.32. The van der Waals surface area contributed by atoms with Crippen molar-refractivity contribution < 1.29 is 14.3 Å². The van der Waals surface area contributed by atoms with E-state index in [0.29, 0.717) is 34.0 Å². The molecule has 0 saturated heterocycles. The molecule has 7 nitrogen and oxygen atoms in total. The molecule has 9 heteroatoms. The van der Waals surface area contributed by atoms with Gasteiger partial charge in [-0.25, -0.2) is 0 Å². The van der Waals surface area contributed by atoms with Crippen molar-refractivity contribution >= 4 is 29.3 Å². The van der Waals surface area contributed by atoms with E-state index in [1.807, 2.05) is 78.2 Å². The number of carbonyl (C=O) groups is 1. The van der Waals surface area contributed by atoms with Crippen LogP contribution in [-0.2, 0) is 11.3 Å². The summed E-state index contributed by atoms with van der Waals surface area (Å²) in [4.78, 5) is 12.5. The lowest BCUT2D eigenvalue weighted by atomic mass is 10.2. The second-order valence-corrected chi connectivity index (χ2v) is 8.99. The van der Waals surface area contributed by atoms with Crippen LogP contribution in [0.5, 0.6) is 11.5 Å². The van der Waals surface area contributed by atoms with Gasteiger partial charge in [-0.05, 0) is 48.9 Å². The highest BCUT2D eigenvalue weighted by Crippen LogP contribution is 2.32. The molecule has 0 spiro atoms. The van der Waals surface area contributed by atoms with E-state index in [0.717, 1.165) is 11.3 Å². The molecule has 35 heavy (non-hydrogen) atoms. The molecule has 0 saturated carbocycles. The maximum atomic E-state index is 12.5. The number of carbonyl (C=O) groups excluding carboxylic acids is 1. The van der Waals surface area contributed by atoms with E-state index in [9.17, 15) is 4.79 Å². The Hall–Kier alpha value is -3.49. The molecule has 0 aliphatic rings. The highest BCUT2D eigenvalue weighted by atomic mass is 35.5. The average molecular weight is 509 g/mol. The van der Waals surface area contributed by atoms with Crippen molar-refractivity contribution in [3.8, 4) is 17.2 Å². The van der Waals surface area contributed by atoms with Crippen LogP contribution in [0.25, 0.3) is 5.69 Å². The van der Waals surface area contributed by atoms with E-state index in [4.69, 9.17) is 21.1 Å². The number of hydrogen-bond donors (Lipinski definition) is 1. The van der Waals surface area contributed by atoms with Gasteiger partial charge in [0, 0.05) is 17.3 Å². The molecule has 0 aliphatic heterocycles. The van der Waals surface area contributed by atoms with Crippen LogP contribution in [0.2, 0.25) is 5.02 Å². The largest absolute Gasteiger partial charge is 0.493 e. The topological polar surface area (TPSA) is 78.3 Å². The van der Waals surface area contributed by atoms with Gasteiger partial charge < -0.3 is 14.8 Å². The summed E-state index contributed by atoms with van der Waals surface area (Å²) in [5.74, 6) is 1.96. The zero-order valence-electron chi connectivity index (χ0n) is 19.3. The SMILES string of the molecule is COc1ccccc1OC(C)c1nnc(SCC(=O)NCc2ccc(Cl)cc2)n1-c1ccccc1. The number of methoxy groups -OCH3 is 1. The molecule has 4 aromatic rings. The number of benzene rings is 3. The molecule has 3 aromatic carbocycles. The lowest BCUT2D eigenvalue weighted by molar-refractivity contribution is -0.118. The van der Waals surface area contributed by atoms with Gasteiger partial charge in [0.05, 0.1) is 12.9 Å². The number of thioether (sulfide) groups is 1. The molecule has 1 aromatic heterocycles. The van der Waals surface area contributed by atoms with Crippen molar-refractivity contribution in [2.45, 2.75) is 24.7 Å². The number of rotatable bonds is 10. The molecule has 0 radical (unpaired) electrons. The molecule has 0 aliphatic carbocycles. The molecular formula is C26H25ClN4O3S. The first-order chi connectivity index (χ1) is 17.0. The molecule has 180 valence electrons. The summed E-state index contributed by atoms with van der Waals surface area (Å²) in [5, 5.41) is 13.0. The second-order valence-electron chi connectivity index (χ2n) is 7.61. The molecule has 1 amide bonds. The smallest absolute Gasteiger partial charge is 0.230 e. The van der Waals surface area contributed by atoms with Gasteiger partial charge in [0.25, 0.3) is 0 Å². The number of nitrogens with one attached hydrogen (secondary N) is 1. The minimum absolute atomic E-state index is 0.104. The minimum atomic E-state index is -0.424. The molecular weight excluding hydrogens is 484 g/mol. The lowest BCUT2D eigenvalue weighted by Crippen LogP contribution is -2.24. The van der Waals surface area contributed by atoms with Crippen LogP contribution in [0.15, 0.2) is 84.0 Å². The van der Waals surface area contributed by atoms with Crippen molar-refractivity contribution in [2.24, 2.45) is 0 Å². The Morgan fingerprint density at radius 1 is 1.00 bits per heavy atom. The highest BCUT2D eigenvalue weighted by Gasteiger charge is 2.22. The van der Waals surface area contributed by atoms with E-state index in [1.165, 1.54) is 11.8 Å². The summed E-state index contributed by atoms with van der Waals surface area (Å²) in [5.41, 5.74) is 1.86. The second kappa shape index (κ2) is 11.8. The zero-order valence-corrected chi connectivity index (χ0v) is 20.9. The van der Waals surface area contributed by atoms with Gasteiger partial charge in [-0.15, -0.1) is 10.2 Å². The van der Waals surface area contributed by atoms with Crippen LogP contribution in [0.4, 0.5) is 0 Å². The maximum Gasteiger partial charge on any atom is 0.230 e. The Bertz CT molecular complexity index is 1270. The van der Waals surface area contributed by atoms with Gasteiger partial charge in [-0.1, -0.05) is 65.8 Å². The van der Waals surface area contributed by atoms with Gasteiger partial charge in [0.2, 0.25) is 5.91 Å². The van der Waals surface area contributed by atoms with Crippen LogP contribution in [0.3, 0.4) is 0 Å². The molecule has 1 heterocycles. The van der Waals surface area contributed by atoms with E-state index in [1.54, 1.807) is 19.2 Å². The van der Waals surface area contributed by atoms with E-state index < -0.39 is 6.10 Å². The average Bonchev–Trinajstić information content (AvgIpc) is 3.32. The number of hydrogen-bond acceptors (Lipinski definition) is 6. The first kappa shape index (κ1) is 24.6. The third-order valence-electron chi connectivity index (χ3n) is 5.14. The van der Waals surface area contributed by atoms with Crippen molar-refractivity contribution in [3.05, 3.63) is 95.3 Å². The van der Waals surface area contributed by atoms with Crippen LogP contribution >= 0.6 is 23.4 Å². The molecule has 0 fully saturated rings. The summed E-state index contributed by atoms with van der Waals surface area (Å²) < 4.78 is 13.5. The Kier molecular flexibility index (Phi) is 8.28. The third kappa shape index (κ3) is 6.35. The monoisotopic (exact) mass is 508 g/mol. The summed E-state index contributed by atoms with van der Waals surface area (Å²) in [7, 11) is 1.60. The van der Waals surface area contributed by atoms with Crippen molar-refractivity contribution in [1.82, 2.24) is 20.1 Å². The standard InChI is InChI=1S/C26H25ClN4O3S/c1-18(34-23-11-7-6-10-22(23)33-2)25-29-30-26(31(25)21-8-4-3-5-9-21)35-17-24(32)28-16-19-12-14-20(27)15-13-19/h3-15,18H,16-17H2,1-2H3,(H,28,32). The predicted octanol–water partition coefficient (Wildman–Crippen LogP) is 5.48. The third-order valence-corrected chi connectivity index (χ3v) is 6.33. The van der Waals surface area contributed by atoms with Crippen molar-refractivity contribution in [2.75, 3.05) is 12.9 Å². The predicted molar refractivity (Wildman–Crippen MR) is 137 cm³/mol. The number of ether oxygens (including phenoxy) is 2. The number of halogens is 1. The molecule has 0 bridgehead atoms. The number of para-hydroxylation sites is 3. The Morgan fingerprint density at radius 2 is 1.69 bits per heavy atom. The van der Waals surface area contributed by atoms with Gasteiger partial charge in [-0.3, -0.25) is 9.36 Å². The summed E-state index contributed by atoms with van der Waals surface area (Å²) in [6, 6.07) is 24.6. The lowest BCUT2D eigenvalue weighted by Gasteiger charge is -2.18. The van der Waals surface area contributed by atoms with Gasteiger partial charge in [-0.2, -0.15) is 0 Å². The number of nitrogens with zero attached hydrogens (tertiary/aromatic N) is 3. The number of aromatic nitrogens is 3. The number of amides is 1. The molecule has 4 rings (SSSR count). The van der Waals surface area contributed by atoms with Gasteiger partial charge >= 0.3 is 0 Å². The Morgan fingerprint density at radius 3 is 2.40 bits per heavy atom. The first-order valence-electron chi connectivity index (χ1n) is 11.0. The first-order valence-corrected chi connectivity index (χ1v) is 12.4. The van der Waals surface area contributed by atoms with Crippen molar-refractivity contribution in [3.63, 3.8) is 0 Å². The maximum absolute atomic E-state index is 12.5. The van der Waals surface area contributed by atoms with Gasteiger partial charge in [0.15, 0.2) is 28.6 Å². The fraction of sp³-hybridized carbons (Fsp3) is 0.192. The minimum Gasteiger partial charge on any atom is -0.493 e. The summed E-state index contributed by atoms with van der Waals surface area (Å²) >= 11 is 7.24. The molecule has 1 N–H and O–H groups in total. The molecule has 1 atom stereocenters. The Labute approximate surface area is 213 Å². The van der Waals surface area contributed by atoms with Crippen LogP contribution in [-0.4, -0.2) is 33.5 Å². The van der Waals surface area contributed by atoms with Crippen LogP contribution < -0.4 is 14.8 Å². The normalized spacial score (nSPS) is 11.6. The fourth-order valence-electron chi connectivity index (χ4n) is 3.40. The summed E-state index contributed by atoms with van der Waals surface area (Å²) in [6.07, 6.45) is -0.424. The van der Waals surface area contributed by atoms with Crippen LogP contribution in [0.1, 0.15) is 24.4 Å². The molecule has 1 unspecified atom stereocenters. The van der Waals surface area contributed by atoms with E-state index in [2.05, 4.69) is 15.5 Å². The van der Waals surface area contributed by atoms with Crippen molar-refractivity contribution in [1.29, 1.82) is 0 Å². The quantitative estimate of drug-likeness (QED) is 0.286. The Balaban J connectivity index is 1.49. The zero-order chi connectivity index (χ0) is 24.6. The van der Waals surface area contributed by atoms with Gasteiger partial charge in [0.1, 0.15) is 0 Å². The van der Waals surface area contributed by atoms with Crippen LogP contribution in [0, 0.1) is 0 Å². The van der Waals surface area contributed by atoms with E-state index >= 15 is 0 Å². The highest BCUT2D eigenvalue weighted by molar-refractivity contribution is 7.99. The summed E-state index contributed by atoms with van der Waals surface area (Å²) in [6.45, 7) is 2.33. The van der Waals surface area contributed by atoms with E-state index in [-0.39, 0.29) is 11.7 Å².